The topological polar surface area (TPSA) is 75.7 Å². The van der Waals surface area contributed by atoms with E-state index in [0.717, 1.165) is 30.5 Å². The summed E-state index contributed by atoms with van der Waals surface area (Å²) in [5.74, 6) is 0.0476. The molecule has 3 rings (SSSR count). The lowest BCUT2D eigenvalue weighted by Gasteiger charge is -2.21. The second kappa shape index (κ2) is 5.89. The highest BCUT2D eigenvalue weighted by Crippen LogP contribution is 2.32. The molecule has 0 spiro atoms. The van der Waals surface area contributed by atoms with E-state index >= 15 is 0 Å². The fourth-order valence-electron chi connectivity index (χ4n) is 2.89. The Hall–Kier alpha value is -1.60. The van der Waals surface area contributed by atoms with E-state index in [2.05, 4.69) is 4.72 Å². The molecule has 0 radical (unpaired) electrons. The normalized spacial score (nSPS) is 21.0. The number of amides is 1. The van der Waals surface area contributed by atoms with Crippen molar-refractivity contribution in [2.24, 2.45) is 0 Å². The van der Waals surface area contributed by atoms with E-state index in [4.69, 9.17) is 4.74 Å². The number of rotatable bonds is 4. The van der Waals surface area contributed by atoms with Crippen LogP contribution in [0.1, 0.15) is 25.3 Å². The summed E-state index contributed by atoms with van der Waals surface area (Å²) in [7, 11) is -3.28. The summed E-state index contributed by atoms with van der Waals surface area (Å²) in [6.45, 7) is 2.87. The molecule has 1 aromatic carbocycles. The highest BCUT2D eigenvalue weighted by atomic mass is 32.2. The summed E-state index contributed by atoms with van der Waals surface area (Å²) in [6.07, 6.45) is 2.10. The van der Waals surface area contributed by atoms with Crippen LogP contribution in [0, 0.1) is 0 Å². The van der Waals surface area contributed by atoms with Crippen LogP contribution in [0.3, 0.4) is 0 Å². The van der Waals surface area contributed by atoms with E-state index in [9.17, 15) is 13.2 Å². The van der Waals surface area contributed by atoms with Crippen molar-refractivity contribution < 1.29 is 17.9 Å². The van der Waals surface area contributed by atoms with Crippen LogP contribution in [0.25, 0.3) is 0 Å². The number of nitrogens with zero attached hydrogens (tertiary/aromatic N) is 1. The first-order valence-electron chi connectivity index (χ1n) is 7.56. The van der Waals surface area contributed by atoms with Gasteiger partial charge in [0, 0.05) is 24.5 Å². The largest absolute Gasteiger partial charge is 0.368 e. The minimum absolute atomic E-state index is 0.0122. The number of nitrogens with one attached hydrogen (secondary N) is 1. The Bertz CT molecular complexity index is 681. The SMILES string of the molecule is CCS(=O)(=O)Nc1ccc2c(c1)CCN2C(=O)C1CCCO1. The quantitative estimate of drug-likeness (QED) is 0.911. The smallest absolute Gasteiger partial charge is 0.256 e. The van der Waals surface area contributed by atoms with Gasteiger partial charge in [0.15, 0.2) is 0 Å². The summed E-state index contributed by atoms with van der Waals surface area (Å²) in [5, 5.41) is 0. The van der Waals surface area contributed by atoms with Crippen LogP contribution in [0.2, 0.25) is 0 Å². The van der Waals surface area contributed by atoms with Crippen molar-refractivity contribution in [1.29, 1.82) is 0 Å². The van der Waals surface area contributed by atoms with Gasteiger partial charge in [0.1, 0.15) is 6.10 Å². The van der Waals surface area contributed by atoms with Crippen molar-refractivity contribution in [1.82, 2.24) is 0 Å². The Kier molecular flexibility index (Phi) is 4.10. The minimum atomic E-state index is -3.28. The standard InChI is InChI=1S/C15H20N2O4S/c1-2-22(19,20)16-12-5-6-13-11(10-12)7-8-17(13)15(18)14-4-3-9-21-14/h5-6,10,14,16H,2-4,7-9H2,1H3. The molecular weight excluding hydrogens is 304 g/mol. The van der Waals surface area contributed by atoms with Gasteiger partial charge in [0.2, 0.25) is 10.0 Å². The van der Waals surface area contributed by atoms with Gasteiger partial charge in [-0.25, -0.2) is 8.42 Å². The van der Waals surface area contributed by atoms with E-state index < -0.39 is 10.0 Å². The molecule has 1 amide bonds. The maximum Gasteiger partial charge on any atom is 0.256 e. The zero-order chi connectivity index (χ0) is 15.7. The molecule has 2 aliphatic rings. The van der Waals surface area contributed by atoms with Crippen LogP contribution < -0.4 is 9.62 Å². The van der Waals surface area contributed by atoms with Crippen LogP contribution >= 0.6 is 0 Å². The van der Waals surface area contributed by atoms with E-state index in [1.807, 2.05) is 12.1 Å². The number of fused-ring (bicyclic) bond motifs is 1. The highest BCUT2D eigenvalue weighted by molar-refractivity contribution is 7.92. The van der Waals surface area contributed by atoms with E-state index in [-0.39, 0.29) is 17.8 Å². The molecule has 1 fully saturated rings. The van der Waals surface area contributed by atoms with E-state index in [1.54, 1.807) is 17.9 Å². The minimum Gasteiger partial charge on any atom is -0.368 e. The maximum atomic E-state index is 12.5. The lowest BCUT2D eigenvalue weighted by atomic mass is 10.1. The Morgan fingerprint density at radius 3 is 2.95 bits per heavy atom. The molecule has 0 bridgehead atoms. The van der Waals surface area contributed by atoms with Crippen molar-refractivity contribution in [3.05, 3.63) is 23.8 Å². The summed E-state index contributed by atoms with van der Waals surface area (Å²) >= 11 is 0. The monoisotopic (exact) mass is 324 g/mol. The third-order valence-electron chi connectivity index (χ3n) is 4.10. The Balaban J connectivity index is 1.79. The first-order chi connectivity index (χ1) is 10.5. The third kappa shape index (κ3) is 2.96. The molecule has 2 heterocycles. The predicted octanol–water partition coefficient (Wildman–Crippen LogP) is 1.52. The number of benzene rings is 1. The highest BCUT2D eigenvalue weighted by Gasteiger charge is 2.32. The number of ether oxygens (including phenoxy) is 1. The molecular formula is C15H20N2O4S. The molecule has 0 aromatic heterocycles. The van der Waals surface area contributed by atoms with Gasteiger partial charge in [-0.05, 0) is 49.9 Å². The number of carbonyl (C=O) groups excluding carboxylic acids is 1. The fraction of sp³-hybridized carbons (Fsp3) is 0.533. The van der Waals surface area contributed by atoms with Crippen LogP contribution in [-0.2, 0) is 26.0 Å². The molecule has 0 aliphatic carbocycles. The summed E-state index contributed by atoms with van der Waals surface area (Å²) in [5.41, 5.74) is 2.40. The van der Waals surface area contributed by atoms with Crippen molar-refractivity contribution in [3.8, 4) is 0 Å². The van der Waals surface area contributed by atoms with Crippen molar-refractivity contribution in [2.75, 3.05) is 28.5 Å². The Morgan fingerprint density at radius 2 is 2.27 bits per heavy atom. The molecule has 120 valence electrons. The van der Waals surface area contributed by atoms with Crippen LogP contribution in [0.5, 0.6) is 0 Å². The van der Waals surface area contributed by atoms with Crippen molar-refractivity contribution in [3.63, 3.8) is 0 Å². The van der Waals surface area contributed by atoms with Crippen LogP contribution in [-0.4, -0.2) is 39.3 Å². The van der Waals surface area contributed by atoms with Crippen LogP contribution in [0.4, 0.5) is 11.4 Å². The number of sulfonamides is 1. The van der Waals surface area contributed by atoms with Gasteiger partial charge in [-0.15, -0.1) is 0 Å². The molecule has 2 aliphatic heterocycles. The van der Waals surface area contributed by atoms with Crippen LogP contribution in [0.15, 0.2) is 18.2 Å². The van der Waals surface area contributed by atoms with E-state index in [0.29, 0.717) is 18.8 Å². The van der Waals surface area contributed by atoms with Gasteiger partial charge >= 0.3 is 0 Å². The third-order valence-corrected chi connectivity index (χ3v) is 5.41. The van der Waals surface area contributed by atoms with Gasteiger partial charge < -0.3 is 9.64 Å². The molecule has 22 heavy (non-hydrogen) atoms. The maximum absolute atomic E-state index is 12.5. The molecule has 1 atom stereocenters. The average Bonchev–Trinajstić information content (AvgIpc) is 3.15. The van der Waals surface area contributed by atoms with E-state index in [1.165, 1.54) is 0 Å². The Labute approximate surface area is 130 Å². The molecule has 6 nitrogen and oxygen atoms in total. The van der Waals surface area contributed by atoms with Gasteiger partial charge in [-0.2, -0.15) is 0 Å². The lowest BCUT2D eigenvalue weighted by molar-refractivity contribution is -0.127. The molecule has 1 aromatic rings. The summed E-state index contributed by atoms with van der Waals surface area (Å²) in [4.78, 5) is 14.2. The molecule has 1 unspecified atom stereocenters. The first-order valence-corrected chi connectivity index (χ1v) is 9.22. The second-order valence-electron chi connectivity index (χ2n) is 5.59. The number of carbonyl (C=O) groups is 1. The molecule has 1 N–H and O–H groups in total. The average molecular weight is 324 g/mol. The van der Waals surface area contributed by atoms with Gasteiger partial charge in [-0.3, -0.25) is 9.52 Å². The fourth-order valence-corrected chi connectivity index (χ4v) is 3.52. The van der Waals surface area contributed by atoms with Crippen molar-refractivity contribution in [2.45, 2.75) is 32.3 Å². The lowest BCUT2D eigenvalue weighted by Crippen LogP contribution is -2.37. The van der Waals surface area contributed by atoms with Crippen molar-refractivity contribution >= 4 is 27.3 Å². The Morgan fingerprint density at radius 1 is 1.45 bits per heavy atom. The first kappa shape index (κ1) is 15.3. The summed E-state index contributed by atoms with van der Waals surface area (Å²) < 4.78 is 31.3. The summed E-state index contributed by atoms with van der Waals surface area (Å²) in [6, 6.07) is 5.32. The number of hydrogen-bond acceptors (Lipinski definition) is 4. The van der Waals surface area contributed by atoms with Gasteiger partial charge in [0.25, 0.3) is 5.91 Å². The zero-order valence-electron chi connectivity index (χ0n) is 12.5. The van der Waals surface area contributed by atoms with Gasteiger partial charge in [0.05, 0.1) is 5.75 Å². The number of hydrogen-bond donors (Lipinski definition) is 1. The molecule has 0 saturated carbocycles. The molecule has 7 heteroatoms. The second-order valence-corrected chi connectivity index (χ2v) is 7.60. The predicted molar refractivity (Wildman–Crippen MR) is 84.6 cm³/mol. The van der Waals surface area contributed by atoms with Gasteiger partial charge in [-0.1, -0.05) is 0 Å². The number of anilines is 2. The molecule has 1 saturated heterocycles. The zero-order valence-corrected chi connectivity index (χ0v) is 13.4.